The largest absolute Gasteiger partial charge is 0.464 e. The Labute approximate surface area is 139 Å². The first-order chi connectivity index (χ1) is 11.3. The molecule has 0 unspecified atom stereocenters. The van der Waals surface area contributed by atoms with Gasteiger partial charge >= 0.3 is 5.69 Å². The van der Waals surface area contributed by atoms with E-state index in [1.165, 1.54) is 11.6 Å². The first-order valence-electron chi connectivity index (χ1n) is 7.85. The van der Waals surface area contributed by atoms with E-state index >= 15 is 0 Å². The highest BCUT2D eigenvalue weighted by molar-refractivity contribution is 5.53. The lowest BCUT2D eigenvalue weighted by Gasteiger charge is -2.22. The molecule has 1 fully saturated rings. The minimum atomic E-state index is -0.589. The molecular formula is C17H20N4O3. The van der Waals surface area contributed by atoms with Gasteiger partial charge < -0.3 is 9.32 Å². The predicted octanol–water partition coefficient (Wildman–Crippen LogP) is 1.31. The molecule has 7 heteroatoms. The molecule has 0 saturated heterocycles. The molecule has 0 bridgehead atoms. The van der Waals surface area contributed by atoms with E-state index in [1.807, 2.05) is 18.2 Å². The molecule has 3 rings (SSSR count). The molecule has 0 spiro atoms. The van der Waals surface area contributed by atoms with Crippen LogP contribution in [-0.4, -0.2) is 16.2 Å². The standard InChI is InChI=1S/C17H20N4O3/c1-10-7-12(10)14-6-5-11(24-14)9-19(2)15-13(8-18)16(22)21(4)17(23)20(15)3/h5-6,10,12H,7,9H2,1-4H3/t10-,12-/m1/s1. The van der Waals surface area contributed by atoms with Crippen LogP contribution in [0.25, 0.3) is 0 Å². The van der Waals surface area contributed by atoms with Crippen LogP contribution in [0, 0.1) is 17.2 Å². The first-order valence-corrected chi connectivity index (χ1v) is 7.85. The van der Waals surface area contributed by atoms with Crippen LogP contribution >= 0.6 is 0 Å². The lowest BCUT2D eigenvalue weighted by Crippen LogP contribution is -2.41. The Morgan fingerprint density at radius 3 is 2.58 bits per heavy atom. The molecule has 2 aromatic heterocycles. The van der Waals surface area contributed by atoms with Crippen molar-refractivity contribution in [1.82, 2.24) is 9.13 Å². The van der Waals surface area contributed by atoms with Gasteiger partial charge in [0.05, 0.1) is 6.54 Å². The highest BCUT2D eigenvalue weighted by Crippen LogP contribution is 2.47. The number of hydrogen-bond acceptors (Lipinski definition) is 5. The Morgan fingerprint density at radius 1 is 1.33 bits per heavy atom. The van der Waals surface area contributed by atoms with E-state index in [2.05, 4.69) is 6.92 Å². The summed E-state index contributed by atoms with van der Waals surface area (Å²) in [5.74, 6) is 3.16. The van der Waals surface area contributed by atoms with E-state index in [0.717, 1.165) is 22.5 Å². The van der Waals surface area contributed by atoms with E-state index in [0.29, 0.717) is 24.2 Å². The molecule has 0 radical (unpaired) electrons. The van der Waals surface area contributed by atoms with Gasteiger partial charge in [-0.05, 0) is 24.5 Å². The third kappa shape index (κ3) is 2.54. The first kappa shape index (κ1) is 16.1. The summed E-state index contributed by atoms with van der Waals surface area (Å²) in [5.41, 5.74) is -1.10. The fourth-order valence-corrected chi connectivity index (χ4v) is 3.08. The number of nitrogens with zero attached hydrogens (tertiary/aromatic N) is 4. The van der Waals surface area contributed by atoms with E-state index in [9.17, 15) is 14.9 Å². The van der Waals surface area contributed by atoms with Crippen molar-refractivity contribution < 1.29 is 4.42 Å². The summed E-state index contributed by atoms with van der Waals surface area (Å²) in [7, 11) is 4.65. The molecule has 1 saturated carbocycles. The number of hydrogen-bond donors (Lipinski definition) is 0. The summed E-state index contributed by atoms with van der Waals surface area (Å²) in [6, 6.07) is 5.80. The van der Waals surface area contributed by atoms with Gasteiger partial charge in [-0.2, -0.15) is 5.26 Å². The van der Waals surface area contributed by atoms with Crippen molar-refractivity contribution in [1.29, 1.82) is 5.26 Å². The van der Waals surface area contributed by atoms with Crippen molar-refractivity contribution in [2.45, 2.75) is 25.8 Å². The summed E-state index contributed by atoms with van der Waals surface area (Å²) in [4.78, 5) is 26.0. The highest BCUT2D eigenvalue weighted by Gasteiger charge is 2.36. The Kier molecular flexibility index (Phi) is 3.84. The fourth-order valence-electron chi connectivity index (χ4n) is 3.08. The summed E-state index contributed by atoms with van der Waals surface area (Å²) in [5, 5.41) is 9.34. The molecule has 0 amide bonds. The van der Waals surface area contributed by atoms with Crippen molar-refractivity contribution in [3.63, 3.8) is 0 Å². The van der Waals surface area contributed by atoms with Gasteiger partial charge in [-0.1, -0.05) is 6.92 Å². The van der Waals surface area contributed by atoms with Crippen LogP contribution in [0.2, 0.25) is 0 Å². The Bertz CT molecular complexity index is 944. The minimum Gasteiger partial charge on any atom is -0.464 e. The zero-order chi connectivity index (χ0) is 17.6. The molecule has 2 atom stereocenters. The van der Waals surface area contributed by atoms with Crippen LogP contribution in [0.1, 0.15) is 36.3 Å². The van der Waals surface area contributed by atoms with Crippen molar-refractivity contribution in [2.75, 3.05) is 11.9 Å². The smallest absolute Gasteiger partial charge is 0.332 e. The molecule has 0 aromatic carbocycles. The van der Waals surface area contributed by atoms with E-state index in [4.69, 9.17) is 4.42 Å². The van der Waals surface area contributed by atoms with Crippen molar-refractivity contribution in [2.24, 2.45) is 20.0 Å². The number of aromatic nitrogens is 2. The SMILES string of the molecule is C[C@@H]1C[C@H]1c1ccc(CN(C)c2c(C#N)c(=O)n(C)c(=O)n2C)o1. The maximum absolute atomic E-state index is 12.2. The zero-order valence-corrected chi connectivity index (χ0v) is 14.2. The third-order valence-electron chi connectivity index (χ3n) is 4.66. The van der Waals surface area contributed by atoms with Crippen LogP contribution in [-0.2, 0) is 20.6 Å². The van der Waals surface area contributed by atoms with E-state index in [1.54, 1.807) is 19.0 Å². The Morgan fingerprint density at radius 2 is 2.00 bits per heavy atom. The van der Waals surface area contributed by atoms with Gasteiger partial charge in [-0.15, -0.1) is 0 Å². The second-order valence-corrected chi connectivity index (χ2v) is 6.50. The second kappa shape index (κ2) is 5.71. The van der Waals surface area contributed by atoms with Gasteiger partial charge in [-0.3, -0.25) is 13.9 Å². The summed E-state index contributed by atoms with van der Waals surface area (Å²) >= 11 is 0. The number of anilines is 1. The van der Waals surface area contributed by atoms with Crippen molar-refractivity contribution in [3.8, 4) is 6.07 Å². The Balaban J connectivity index is 1.94. The molecule has 2 heterocycles. The van der Waals surface area contributed by atoms with Gasteiger partial charge in [0, 0.05) is 27.1 Å². The maximum Gasteiger partial charge on any atom is 0.332 e. The van der Waals surface area contributed by atoms with Gasteiger partial charge in [0.15, 0.2) is 5.56 Å². The van der Waals surface area contributed by atoms with E-state index < -0.39 is 11.2 Å². The lowest BCUT2D eigenvalue weighted by molar-refractivity contribution is 0.459. The predicted molar refractivity (Wildman–Crippen MR) is 89.0 cm³/mol. The van der Waals surface area contributed by atoms with Crippen LogP contribution in [0.5, 0.6) is 0 Å². The molecule has 126 valence electrons. The highest BCUT2D eigenvalue weighted by atomic mass is 16.3. The number of rotatable bonds is 4. The van der Waals surface area contributed by atoms with Crippen LogP contribution in [0.3, 0.4) is 0 Å². The molecule has 7 nitrogen and oxygen atoms in total. The topological polar surface area (TPSA) is 84.2 Å². The second-order valence-electron chi connectivity index (χ2n) is 6.50. The van der Waals surface area contributed by atoms with Gasteiger partial charge in [0.25, 0.3) is 5.56 Å². The molecule has 1 aliphatic rings. The van der Waals surface area contributed by atoms with Crippen LogP contribution in [0.4, 0.5) is 5.82 Å². The maximum atomic E-state index is 12.2. The fraction of sp³-hybridized carbons (Fsp3) is 0.471. The molecule has 0 aliphatic heterocycles. The summed E-state index contributed by atoms with van der Waals surface area (Å²) < 4.78 is 8.12. The summed E-state index contributed by atoms with van der Waals surface area (Å²) in [6.45, 7) is 2.56. The molecule has 0 N–H and O–H groups in total. The molecule has 1 aliphatic carbocycles. The van der Waals surface area contributed by atoms with Gasteiger partial charge in [-0.25, -0.2) is 4.79 Å². The minimum absolute atomic E-state index is 0.0512. The molecule has 2 aromatic rings. The van der Waals surface area contributed by atoms with Crippen LogP contribution < -0.4 is 16.1 Å². The average Bonchev–Trinajstić information content (AvgIpc) is 3.10. The zero-order valence-electron chi connectivity index (χ0n) is 14.2. The molecule has 24 heavy (non-hydrogen) atoms. The average molecular weight is 328 g/mol. The van der Waals surface area contributed by atoms with E-state index in [-0.39, 0.29) is 5.56 Å². The van der Waals surface area contributed by atoms with Crippen molar-refractivity contribution in [3.05, 3.63) is 50.1 Å². The summed E-state index contributed by atoms with van der Waals surface area (Å²) in [6.07, 6.45) is 1.14. The van der Waals surface area contributed by atoms with Crippen LogP contribution in [0.15, 0.2) is 26.1 Å². The van der Waals surface area contributed by atoms with Crippen molar-refractivity contribution >= 4 is 5.82 Å². The number of furan rings is 1. The van der Waals surface area contributed by atoms with Gasteiger partial charge in [0.1, 0.15) is 23.4 Å². The normalized spacial score (nSPS) is 19.1. The number of nitriles is 1. The lowest BCUT2D eigenvalue weighted by atomic mass is 10.2. The molecular weight excluding hydrogens is 308 g/mol. The van der Waals surface area contributed by atoms with Gasteiger partial charge in [0.2, 0.25) is 0 Å². The Hall–Kier alpha value is -2.75. The monoisotopic (exact) mass is 328 g/mol. The quantitative estimate of drug-likeness (QED) is 0.845. The third-order valence-corrected chi connectivity index (χ3v) is 4.66.